The van der Waals surface area contributed by atoms with Crippen LogP contribution < -0.4 is 10.1 Å². The molecule has 0 radical (unpaired) electrons. The van der Waals surface area contributed by atoms with Gasteiger partial charge >= 0.3 is 11.8 Å². The number of nitrogens with one attached hydrogen (secondary N) is 1. The van der Waals surface area contributed by atoms with Crippen LogP contribution in [0.15, 0.2) is 39.7 Å². The normalized spacial score (nSPS) is 11.3. The number of hydrogen-bond acceptors (Lipinski definition) is 6. The molecule has 0 fully saturated rings. The van der Waals surface area contributed by atoms with Crippen LogP contribution in [0.5, 0.6) is 0 Å². The second-order valence-corrected chi connectivity index (χ2v) is 6.36. The summed E-state index contributed by atoms with van der Waals surface area (Å²) in [5.74, 6) is 0.744. The molecule has 0 aliphatic carbocycles. The number of carbonyl (C=O) groups excluding carboxylic acids is 2. The lowest BCUT2D eigenvalue weighted by Crippen LogP contribution is -2.16. The maximum Gasteiger partial charge on any atom is 0.433 e. The Morgan fingerprint density at radius 1 is 1.41 bits per heavy atom. The monoisotopic (exact) mass is 384 g/mol. The fourth-order valence-corrected chi connectivity index (χ4v) is 3.43. The zero-order valence-electron chi connectivity index (χ0n) is 14.0. The first-order valence-electron chi connectivity index (χ1n) is 7.57. The van der Waals surface area contributed by atoms with Crippen molar-refractivity contribution in [1.29, 1.82) is 0 Å². The molecule has 2 amide bonds. The Bertz CT molecular complexity index is 1180. The Kier molecular flexibility index (Phi) is 4.87. The molecular weight excluding hydrogens is 372 g/mol. The first-order valence-corrected chi connectivity index (χ1v) is 8.38. The predicted octanol–water partition coefficient (Wildman–Crippen LogP) is 2.54. The highest BCUT2D eigenvalue weighted by molar-refractivity contribution is 7.16. The second kappa shape index (κ2) is 7.27. The van der Waals surface area contributed by atoms with Crippen LogP contribution in [0.3, 0.4) is 0 Å². The highest BCUT2D eigenvalue weighted by atomic mass is 32.1. The lowest BCUT2D eigenvalue weighted by atomic mass is 10.3. The van der Waals surface area contributed by atoms with Crippen LogP contribution in [0.1, 0.15) is 17.5 Å². The van der Waals surface area contributed by atoms with Gasteiger partial charge in [-0.25, -0.2) is 0 Å². The molecule has 136 valence electrons. The highest BCUT2D eigenvalue weighted by Crippen LogP contribution is 2.22. The molecule has 3 aromatic rings. The molecule has 2 aromatic heterocycles. The molecule has 0 bridgehead atoms. The van der Waals surface area contributed by atoms with Crippen LogP contribution in [-0.2, 0) is 11.3 Å². The van der Waals surface area contributed by atoms with Crippen LogP contribution in [0, 0.1) is 22.5 Å². The quantitative estimate of drug-likeness (QED) is 0.421. The molecule has 10 heteroatoms. The number of anilines is 1. The summed E-state index contributed by atoms with van der Waals surface area (Å²) in [7, 11) is 0. The van der Waals surface area contributed by atoms with Gasteiger partial charge in [-0.15, -0.1) is 6.42 Å². The molecule has 0 unspecified atom stereocenters. The summed E-state index contributed by atoms with van der Waals surface area (Å²) < 4.78 is 7.30. The van der Waals surface area contributed by atoms with Gasteiger partial charge in [0.15, 0.2) is 4.80 Å². The summed E-state index contributed by atoms with van der Waals surface area (Å²) in [6.45, 7) is 1.57. The van der Waals surface area contributed by atoms with E-state index in [9.17, 15) is 19.7 Å². The number of hydrogen-bond donors (Lipinski definition) is 1. The molecule has 2 heterocycles. The summed E-state index contributed by atoms with van der Waals surface area (Å²) in [6, 6.07) is 7.50. The van der Waals surface area contributed by atoms with E-state index in [1.54, 1.807) is 22.8 Å². The van der Waals surface area contributed by atoms with Crippen molar-refractivity contribution in [2.45, 2.75) is 13.5 Å². The van der Waals surface area contributed by atoms with E-state index in [1.807, 2.05) is 0 Å². The number of thiazole rings is 1. The summed E-state index contributed by atoms with van der Waals surface area (Å²) >= 11 is 1.19. The van der Waals surface area contributed by atoms with E-state index in [0.717, 1.165) is 16.3 Å². The van der Waals surface area contributed by atoms with Crippen molar-refractivity contribution in [1.82, 2.24) is 4.57 Å². The molecule has 0 atom stereocenters. The molecule has 0 saturated carbocycles. The Hall–Kier alpha value is -3.71. The summed E-state index contributed by atoms with van der Waals surface area (Å²) in [5, 5.41) is 13.4. The van der Waals surface area contributed by atoms with E-state index in [2.05, 4.69) is 16.2 Å². The fourth-order valence-electron chi connectivity index (χ4n) is 2.37. The molecule has 1 N–H and O–H groups in total. The van der Waals surface area contributed by atoms with Crippen LogP contribution >= 0.6 is 11.3 Å². The van der Waals surface area contributed by atoms with Gasteiger partial charge in [0.05, 0.1) is 22.8 Å². The molecule has 27 heavy (non-hydrogen) atoms. The van der Waals surface area contributed by atoms with E-state index >= 15 is 0 Å². The third kappa shape index (κ3) is 3.78. The van der Waals surface area contributed by atoms with Crippen LogP contribution in [0.2, 0.25) is 0 Å². The molecular formula is C17H12N4O5S. The van der Waals surface area contributed by atoms with Crippen molar-refractivity contribution in [3.05, 3.63) is 51.0 Å². The SMILES string of the molecule is C#CCn1c(=NC(=O)c2ccc([N+](=O)[O-])o2)sc2cc(NC(C)=O)ccc21. The first-order chi connectivity index (χ1) is 12.9. The topological polar surface area (TPSA) is 120 Å². The number of carbonyl (C=O) groups is 2. The third-order valence-electron chi connectivity index (χ3n) is 3.43. The zero-order chi connectivity index (χ0) is 19.6. The van der Waals surface area contributed by atoms with Crippen LogP contribution in [0.25, 0.3) is 10.2 Å². The van der Waals surface area contributed by atoms with Crippen LogP contribution in [-0.4, -0.2) is 21.3 Å². The van der Waals surface area contributed by atoms with E-state index < -0.39 is 16.7 Å². The number of nitrogens with zero attached hydrogens (tertiary/aromatic N) is 3. The van der Waals surface area contributed by atoms with Gasteiger partial charge in [0.2, 0.25) is 11.7 Å². The third-order valence-corrected chi connectivity index (χ3v) is 4.47. The maximum absolute atomic E-state index is 12.3. The average Bonchev–Trinajstić information content (AvgIpc) is 3.20. The Balaban J connectivity index is 2.08. The van der Waals surface area contributed by atoms with E-state index in [0.29, 0.717) is 10.5 Å². The largest absolute Gasteiger partial charge is 0.433 e. The number of nitro groups is 1. The number of amides is 2. The minimum Gasteiger partial charge on any atom is -0.395 e. The average molecular weight is 384 g/mol. The number of rotatable bonds is 4. The van der Waals surface area contributed by atoms with Gasteiger partial charge in [-0.3, -0.25) is 19.7 Å². The minimum atomic E-state index is -0.762. The highest BCUT2D eigenvalue weighted by Gasteiger charge is 2.17. The maximum atomic E-state index is 12.3. The van der Waals surface area contributed by atoms with Gasteiger partial charge in [-0.2, -0.15) is 4.99 Å². The predicted molar refractivity (Wildman–Crippen MR) is 98.2 cm³/mol. The molecule has 1 aromatic carbocycles. The molecule has 0 aliphatic rings. The second-order valence-electron chi connectivity index (χ2n) is 5.35. The van der Waals surface area contributed by atoms with Gasteiger partial charge in [0.25, 0.3) is 0 Å². The van der Waals surface area contributed by atoms with Crippen LogP contribution in [0.4, 0.5) is 11.6 Å². The standard InChI is InChI=1S/C17H12N4O5S/c1-3-8-20-12-5-4-11(18-10(2)22)9-14(12)27-17(20)19-16(23)13-6-7-15(26-13)21(24)25/h1,4-7,9H,8H2,2H3,(H,18,22). The van der Waals surface area contributed by atoms with Gasteiger partial charge in [0.1, 0.15) is 4.92 Å². The summed E-state index contributed by atoms with van der Waals surface area (Å²) in [5.41, 5.74) is 1.34. The molecule has 0 aliphatic heterocycles. The van der Waals surface area contributed by atoms with Crippen molar-refractivity contribution in [2.75, 3.05) is 5.32 Å². The molecule has 0 spiro atoms. The van der Waals surface area contributed by atoms with Crippen molar-refractivity contribution in [2.24, 2.45) is 4.99 Å². The van der Waals surface area contributed by atoms with Crippen molar-refractivity contribution in [3.63, 3.8) is 0 Å². The number of aromatic nitrogens is 1. The van der Waals surface area contributed by atoms with Gasteiger partial charge in [-0.05, 0) is 24.3 Å². The van der Waals surface area contributed by atoms with E-state index in [4.69, 9.17) is 10.8 Å². The Labute approximate surface area is 156 Å². The van der Waals surface area contributed by atoms with Crippen molar-refractivity contribution < 1.29 is 18.9 Å². The zero-order valence-corrected chi connectivity index (χ0v) is 14.8. The smallest absolute Gasteiger partial charge is 0.395 e. The van der Waals surface area contributed by atoms with E-state index in [-0.39, 0.29) is 18.2 Å². The Morgan fingerprint density at radius 3 is 2.81 bits per heavy atom. The van der Waals surface area contributed by atoms with Gasteiger partial charge in [-0.1, -0.05) is 17.3 Å². The lowest BCUT2D eigenvalue weighted by molar-refractivity contribution is -0.402. The number of fused-ring (bicyclic) bond motifs is 1. The number of furan rings is 1. The van der Waals surface area contributed by atoms with Crippen molar-refractivity contribution >= 4 is 44.9 Å². The minimum absolute atomic E-state index is 0.171. The molecule has 3 rings (SSSR count). The van der Waals surface area contributed by atoms with Gasteiger partial charge < -0.3 is 14.3 Å². The van der Waals surface area contributed by atoms with Gasteiger partial charge in [0, 0.05) is 12.6 Å². The summed E-state index contributed by atoms with van der Waals surface area (Å²) in [6.07, 6.45) is 5.41. The van der Waals surface area contributed by atoms with E-state index in [1.165, 1.54) is 24.3 Å². The summed E-state index contributed by atoms with van der Waals surface area (Å²) in [4.78, 5) is 37.8. The number of benzene rings is 1. The number of terminal acetylenes is 1. The molecule has 0 saturated heterocycles. The first kappa shape index (κ1) is 18.1. The lowest BCUT2D eigenvalue weighted by Gasteiger charge is -2.03. The molecule has 9 nitrogen and oxygen atoms in total. The Morgan fingerprint density at radius 2 is 2.19 bits per heavy atom. The fraction of sp³-hybridized carbons (Fsp3) is 0.118. The van der Waals surface area contributed by atoms with Crippen molar-refractivity contribution in [3.8, 4) is 12.3 Å².